The molecule has 0 bridgehead atoms. The summed E-state index contributed by atoms with van der Waals surface area (Å²) in [4.78, 5) is 8.82. The highest BCUT2D eigenvalue weighted by molar-refractivity contribution is 6.08. The van der Waals surface area contributed by atoms with E-state index < -0.39 is 10.8 Å². The lowest BCUT2D eigenvalue weighted by Crippen LogP contribution is -2.25. The minimum Gasteiger partial charge on any atom is -0.310 e. The SMILES string of the molecule is CC(C)c1ccc(N(c2ccc(F)cc2)c2ccc3cc4c(cc3c2)C2(c3ccccc3-c3ccccc32)c2cc3cc(N(c5ccc(F)cc5)c5ccc(C(C)C)cc5)ccc3cc2-4)cc1.Fc1ccc(N(c2ccccc2)c2ccc3cc4c(cc3c2)C2(c3ccccc3-c3ccccc32)c2cc3cc(N(c5ccccc5)c5ccc(F)cc5)ccc3cc2-4)cc1. The first-order chi connectivity index (χ1) is 62.7. The van der Waals surface area contributed by atoms with Gasteiger partial charge < -0.3 is 19.6 Å². The van der Waals surface area contributed by atoms with Crippen LogP contribution in [0.2, 0.25) is 0 Å². The molecule has 4 aliphatic carbocycles. The standard InChI is InChI=1S/C63H48F2N2.C57H36F2N2/c1-39(2)41-13-23-49(24-14-41)66(51-29-19-47(64)20-30-51)53-27-17-43-35-57-58-36-44-18-28-54(67(52-31-21-48(65)22-32-52)50-25-15-42(16-26-50)40(3)4)34-46(44)38-62(58)63(61(57)37-45(43)33-53)59-11-7-5-9-55(59)56-10-6-8-12-60(56)63;58-41-21-27-45(28-22-41)60(43-11-3-1-4-12-43)47-25-19-37-33-51-52-34-38-20-26-48(61(44-13-5-2-6-14-44)46-29-23-42(59)24-30-46)32-40(38)36-56(52)57(55(51)35-39(37)31-47)53-17-9-7-15-49(53)50-16-8-10-18-54(50)57/h5-40H,1-4H3;1-36H. The molecule has 0 atom stereocenters. The molecule has 2 spiro atoms. The Balaban J connectivity index is 0.000000147. The van der Waals surface area contributed by atoms with Crippen molar-refractivity contribution < 1.29 is 17.6 Å². The smallest absolute Gasteiger partial charge is 0.123 e. The maximum absolute atomic E-state index is 14.4. The van der Waals surface area contributed by atoms with Crippen molar-refractivity contribution >= 4 is 111 Å². The molecule has 128 heavy (non-hydrogen) atoms. The highest BCUT2D eigenvalue weighted by Crippen LogP contribution is 2.66. The zero-order valence-corrected chi connectivity index (χ0v) is 70.9. The highest BCUT2D eigenvalue weighted by Gasteiger charge is 2.54. The van der Waals surface area contributed by atoms with Gasteiger partial charge in [-0.2, -0.15) is 0 Å². The summed E-state index contributed by atoms with van der Waals surface area (Å²) in [5, 5.41) is 9.08. The van der Waals surface area contributed by atoms with Crippen molar-refractivity contribution in [2.24, 2.45) is 0 Å². The van der Waals surface area contributed by atoms with Gasteiger partial charge in [0.2, 0.25) is 0 Å². The Morgan fingerprint density at radius 1 is 0.164 bits per heavy atom. The van der Waals surface area contributed by atoms with Crippen molar-refractivity contribution in [1.82, 2.24) is 0 Å². The van der Waals surface area contributed by atoms with Gasteiger partial charge in [0.25, 0.3) is 0 Å². The summed E-state index contributed by atoms with van der Waals surface area (Å²) in [5.41, 5.74) is 32.9. The molecule has 20 aromatic carbocycles. The molecule has 24 rings (SSSR count). The zero-order chi connectivity index (χ0) is 86.2. The maximum Gasteiger partial charge on any atom is 0.123 e. The van der Waals surface area contributed by atoms with Crippen LogP contribution in [0.25, 0.3) is 87.6 Å². The summed E-state index contributed by atoms with van der Waals surface area (Å²) >= 11 is 0. The molecule has 4 aliphatic rings. The molecule has 0 aromatic heterocycles. The number of para-hydroxylation sites is 2. The molecule has 612 valence electrons. The van der Waals surface area contributed by atoms with Crippen LogP contribution in [-0.4, -0.2) is 0 Å². The summed E-state index contributed by atoms with van der Waals surface area (Å²) in [6, 6.07) is 147. The van der Waals surface area contributed by atoms with E-state index in [4.69, 9.17) is 0 Å². The molecule has 20 aromatic rings. The minimum absolute atomic E-state index is 0.264. The lowest BCUT2D eigenvalue weighted by Gasteiger charge is -2.31. The van der Waals surface area contributed by atoms with Gasteiger partial charge in [-0.15, -0.1) is 0 Å². The van der Waals surface area contributed by atoms with E-state index in [0.29, 0.717) is 11.8 Å². The Morgan fingerprint density at radius 2 is 0.359 bits per heavy atom. The Kier molecular flexibility index (Phi) is 18.5. The van der Waals surface area contributed by atoms with Crippen molar-refractivity contribution in [2.75, 3.05) is 19.6 Å². The van der Waals surface area contributed by atoms with E-state index in [1.54, 1.807) is 0 Å². The third-order valence-electron chi connectivity index (χ3n) is 27.0. The summed E-state index contributed by atoms with van der Waals surface area (Å²) < 4.78 is 57.3. The second-order valence-corrected chi connectivity index (χ2v) is 34.8. The monoisotopic (exact) mass is 1660 g/mol. The Labute approximate surface area is 742 Å². The summed E-state index contributed by atoms with van der Waals surface area (Å²) in [6.07, 6.45) is 0. The predicted molar refractivity (Wildman–Crippen MR) is 522 cm³/mol. The molecule has 0 aliphatic heterocycles. The van der Waals surface area contributed by atoms with Crippen LogP contribution in [0.3, 0.4) is 0 Å². The number of benzene rings is 20. The fourth-order valence-electron chi connectivity index (χ4n) is 21.1. The molecule has 0 saturated heterocycles. The van der Waals surface area contributed by atoms with Crippen LogP contribution < -0.4 is 19.6 Å². The normalized spacial score (nSPS) is 13.0. The summed E-state index contributed by atoms with van der Waals surface area (Å²) in [5.74, 6) is -0.250. The lowest BCUT2D eigenvalue weighted by molar-refractivity contribution is 0.627. The molecule has 0 heterocycles. The fraction of sp³-hybridized carbons (Fsp3) is 0.0667. The molecule has 4 nitrogen and oxygen atoms in total. The van der Waals surface area contributed by atoms with Gasteiger partial charge in [0.15, 0.2) is 0 Å². The van der Waals surface area contributed by atoms with Gasteiger partial charge in [0, 0.05) is 68.2 Å². The molecular weight excluding hydrogens is 1570 g/mol. The fourth-order valence-corrected chi connectivity index (χ4v) is 21.1. The lowest BCUT2D eigenvalue weighted by atomic mass is 9.70. The molecule has 8 heteroatoms. The molecule has 0 radical (unpaired) electrons. The van der Waals surface area contributed by atoms with E-state index in [0.717, 1.165) is 111 Å². The first-order valence-corrected chi connectivity index (χ1v) is 44.0. The van der Waals surface area contributed by atoms with E-state index in [1.165, 1.54) is 149 Å². The van der Waals surface area contributed by atoms with Crippen molar-refractivity contribution in [3.05, 3.63) is 504 Å². The quantitative estimate of drug-likeness (QED) is 0.101. The summed E-state index contributed by atoms with van der Waals surface area (Å²) in [6.45, 7) is 8.83. The van der Waals surface area contributed by atoms with E-state index in [1.807, 2.05) is 84.9 Å². The van der Waals surface area contributed by atoms with Crippen LogP contribution in [-0.2, 0) is 10.8 Å². The van der Waals surface area contributed by atoms with Gasteiger partial charge in [0.1, 0.15) is 23.3 Å². The van der Waals surface area contributed by atoms with Gasteiger partial charge in [0.05, 0.1) is 10.8 Å². The van der Waals surface area contributed by atoms with Gasteiger partial charge in [-0.3, -0.25) is 0 Å². The van der Waals surface area contributed by atoms with E-state index >= 15 is 0 Å². The number of anilines is 12. The Hall–Kier alpha value is -15.6. The van der Waals surface area contributed by atoms with E-state index in [9.17, 15) is 17.6 Å². The van der Waals surface area contributed by atoms with Crippen molar-refractivity contribution in [2.45, 2.75) is 50.4 Å². The Morgan fingerprint density at radius 3 is 0.586 bits per heavy atom. The average molecular weight is 1660 g/mol. The molecular formula is C120H84F4N4. The first kappa shape index (κ1) is 77.2. The van der Waals surface area contributed by atoms with Crippen molar-refractivity contribution in [3.63, 3.8) is 0 Å². The van der Waals surface area contributed by atoms with Gasteiger partial charge in [-0.1, -0.05) is 210 Å². The van der Waals surface area contributed by atoms with Crippen molar-refractivity contribution in [1.29, 1.82) is 0 Å². The second kappa shape index (κ2) is 30.6. The molecule has 0 unspecified atom stereocenters. The van der Waals surface area contributed by atoms with E-state index in [-0.39, 0.29) is 23.3 Å². The second-order valence-electron chi connectivity index (χ2n) is 34.8. The van der Waals surface area contributed by atoms with Crippen LogP contribution in [0, 0.1) is 23.3 Å². The van der Waals surface area contributed by atoms with Gasteiger partial charge >= 0.3 is 0 Å². The van der Waals surface area contributed by atoms with Crippen LogP contribution in [0.15, 0.2) is 425 Å². The molecule has 0 amide bonds. The number of rotatable bonds is 14. The largest absolute Gasteiger partial charge is 0.310 e. The van der Waals surface area contributed by atoms with Crippen LogP contribution in [0.5, 0.6) is 0 Å². The topological polar surface area (TPSA) is 13.0 Å². The first-order valence-electron chi connectivity index (χ1n) is 44.0. The number of nitrogens with zero attached hydrogens (tertiary/aromatic N) is 4. The third-order valence-corrected chi connectivity index (χ3v) is 27.0. The van der Waals surface area contributed by atoms with E-state index in [2.05, 4.69) is 338 Å². The summed E-state index contributed by atoms with van der Waals surface area (Å²) in [7, 11) is 0. The molecule has 0 saturated carbocycles. The van der Waals surface area contributed by atoms with Gasteiger partial charge in [-0.25, -0.2) is 17.6 Å². The molecule has 0 fully saturated rings. The number of fused-ring (bicyclic) bond motifs is 24. The average Bonchev–Trinajstić information content (AvgIpc) is 1.51. The third kappa shape index (κ3) is 12.5. The van der Waals surface area contributed by atoms with Gasteiger partial charge in [-0.05, 0) is 398 Å². The number of halogens is 4. The van der Waals surface area contributed by atoms with Crippen LogP contribution in [0.1, 0.15) is 95.2 Å². The molecule has 0 N–H and O–H groups in total. The van der Waals surface area contributed by atoms with Crippen molar-refractivity contribution in [3.8, 4) is 44.5 Å². The zero-order valence-electron chi connectivity index (χ0n) is 70.9. The minimum atomic E-state index is -0.584. The highest BCUT2D eigenvalue weighted by atomic mass is 19.1. The predicted octanol–water partition coefficient (Wildman–Crippen LogP) is 33.4. The number of hydrogen-bond acceptors (Lipinski definition) is 4. The maximum atomic E-state index is 14.4. The van der Waals surface area contributed by atoms with Crippen LogP contribution in [0.4, 0.5) is 85.8 Å². The Bertz CT molecular complexity index is 7320. The number of hydrogen-bond donors (Lipinski definition) is 0. The van der Waals surface area contributed by atoms with Crippen LogP contribution >= 0.6 is 0 Å².